The van der Waals surface area contributed by atoms with E-state index in [2.05, 4.69) is 10.6 Å². The van der Waals surface area contributed by atoms with E-state index in [9.17, 15) is 9.59 Å². The second-order valence-corrected chi connectivity index (χ2v) is 7.03. The molecule has 1 heterocycles. The Kier molecular flexibility index (Phi) is 5.84. The van der Waals surface area contributed by atoms with Gasteiger partial charge in [0.15, 0.2) is 0 Å². The summed E-state index contributed by atoms with van der Waals surface area (Å²) in [6.45, 7) is 11.9. The van der Waals surface area contributed by atoms with Gasteiger partial charge in [0.1, 0.15) is 0 Å². The number of carbonyl (C=O) groups excluding carboxylic acids is 2. The molecule has 3 amide bonds. The smallest absolute Gasteiger partial charge is 0.317 e. The highest BCUT2D eigenvalue weighted by Crippen LogP contribution is 2.16. The topological polar surface area (TPSA) is 61.4 Å². The largest absolute Gasteiger partial charge is 0.356 e. The first-order valence-corrected chi connectivity index (χ1v) is 7.54. The van der Waals surface area contributed by atoms with Crippen molar-refractivity contribution in [1.29, 1.82) is 0 Å². The summed E-state index contributed by atoms with van der Waals surface area (Å²) in [5.74, 6) is 0.456. The van der Waals surface area contributed by atoms with Gasteiger partial charge in [0.25, 0.3) is 0 Å². The maximum atomic E-state index is 12.1. The Balaban J connectivity index is 2.42. The number of piperidine rings is 1. The van der Waals surface area contributed by atoms with Crippen LogP contribution in [-0.4, -0.2) is 42.0 Å². The normalized spacial score (nSPS) is 19.9. The van der Waals surface area contributed by atoms with Crippen LogP contribution in [0, 0.1) is 11.8 Å². The van der Waals surface area contributed by atoms with E-state index in [1.165, 1.54) is 0 Å². The lowest BCUT2D eigenvalue weighted by Crippen LogP contribution is -2.52. The average molecular weight is 283 g/mol. The SMILES string of the molecule is CC(C)C(=O)NC[C@H]1CCCN(C(=O)NC(C)(C)C)C1. The number of hydrogen-bond donors (Lipinski definition) is 2. The van der Waals surface area contributed by atoms with Gasteiger partial charge in [-0.15, -0.1) is 0 Å². The Hall–Kier alpha value is -1.26. The first-order chi connectivity index (χ1) is 9.19. The van der Waals surface area contributed by atoms with Crippen molar-refractivity contribution in [2.45, 2.75) is 53.0 Å². The van der Waals surface area contributed by atoms with Crippen molar-refractivity contribution in [1.82, 2.24) is 15.5 Å². The Morgan fingerprint density at radius 1 is 1.30 bits per heavy atom. The first kappa shape index (κ1) is 16.8. The summed E-state index contributed by atoms with van der Waals surface area (Å²) in [7, 11) is 0. The van der Waals surface area contributed by atoms with Gasteiger partial charge in [-0.3, -0.25) is 4.79 Å². The number of urea groups is 1. The van der Waals surface area contributed by atoms with E-state index in [1.807, 2.05) is 39.5 Å². The third-order valence-corrected chi connectivity index (χ3v) is 3.38. The second kappa shape index (κ2) is 6.95. The Bertz CT molecular complexity index is 348. The summed E-state index contributed by atoms with van der Waals surface area (Å²) < 4.78 is 0. The number of hydrogen-bond acceptors (Lipinski definition) is 2. The highest BCUT2D eigenvalue weighted by atomic mass is 16.2. The minimum Gasteiger partial charge on any atom is -0.356 e. The molecular weight excluding hydrogens is 254 g/mol. The van der Waals surface area contributed by atoms with Crippen molar-refractivity contribution >= 4 is 11.9 Å². The molecule has 116 valence electrons. The van der Waals surface area contributed by atoms with Gasteiger partial charge in [-0.1, -0.05) is 13.8 Å². The maximum absolute atomic E-state index is 12.1. The maximum Gasteiger partial charge on any atom is 0.317 e. The fourth-order valence-electron chi connectivity index (χ4n) is 2.27. The van der Waals surface area contributed by atoms with Gasteiger partial charge < -0.3 is 15.5 Å². The van der Waals surface area contributed by atoms with Crippen LogP contribution >= 0.6 is 0 Å². The molecule has 0 unspecified atom stereocenters. The first-order valence-electron chi connectivity index (χ1n) is 7.54. The summed E-state index contributed by atoms with van der Waals surface area (Å²) in [5.41, 5.74) is -0.212. The van der Waals surface area contributed by atoms with Crippen molar-refractivity contribution in [2.24, 2.45) is 11.8 Å². The van der Waals surface area contributed by atoms with Crippen LogP contribution < -0.4 is 10.6 Å². The standard InChI is InChI=1S/C15H29N3O2/c1-11(2)13(19)16-9-12-7-6-8-18(10-12)14(20)17-15(3,4)5/h11-12H,6-10H2,1-5H3,(H,16,19)(H,17,20)/t12-/m1/s1. The van der Waals surface area contributed by atoms with Gasteiger partial charge in [-0.2, -0.15) is 0 Å². The number of nitrogens with zero attached hydrogens (tertiary/aromatic N) is 1. The highest BCUT2D eigenvalue weighted by Gasteiger charge is 2.26. The molecule has 5 nitrogen and oxygen atoms in total. The monoisotopic (exact) mass is 283 g/mol. The van der Waals surface area contributed by atoms with Gasteiger partial charge in [0, 0.05) is 31.1 Å². The molecule has 0 bridgehead atoms. The van der Waals surface area contributed by atoms with Crippen LogP contribution in [0.1, 0.15) is 47.5 Å². The molecule has 1 atom stereocenters. The summed E-state index contributed by atoms with van der Waals surface area (Å²) in [6.07, 6.45) is 2.07. The molecule has 2 N–H and O–H groups in total. The molecule has 0 aromatic carbocycles. The molecule has 0 aromatic rings. The Morgan fingerprint density at radius 2 is 1.95 bits per heavy atom. The third-order valence-electron chi connectivity index (χ3n) is 3.38. The van der Waals surface area contributed by atoms with E-state index in [0.29, 0.717) is 12.5 Å². The molecule has 1 aliphatic rings. The molecular formula is C15H29N3O2. The van der Waals surface area contributed by atoms with Crippen molar-refractivity contribution in [3.8, 4) is 0 Å². The molecule has 1 saturated heterocycles. The van der Waals surface area contributed by atoms with Crippen molar-refractivity contribution in [3.63, 3.8) is 0 Å². The molecule has 20 heavy (non-hydrogen) atoms. The Morgan fingerprint density at radius 3 is 2.50 bits per heavy atom. The summed E-state index contributed by atoms with van der Waals surface area (Å²) in [4.78, 5) is 25.6. The lowest BCUT2D eigenvalue weighted by molar-refractivity contribution is -0.124. The second-order valence-electron chi connectivity index (χ2n) is 7.03. The van der Waals surface area contributed by atoms with E-state index in [0.717, 1.165) is 25.9 Å². The summed E-state index contributed by atoms with van der Waals surface area (Å²) in [6, 6.07) is -0.00242. The minimum absolute atomic E-state index is 0.00242. The summed E-state index contributed by atoms with van der Waals surface area (Å²) >= 11 is 0. The number of nitrogens with one attached hydrogen (secondary N) is 2. The van der Waals surface area contributed by atoms with Gasteiger partial charge in [-0.05, 0) is 39.5 Å². The zero-order chi connectivity index (χ0) is 15.3. The molecule has 0 spiro atoms. The van der Waals surface area contributed by atoms with Gasteiger partial charge in [0.05, 0.1) is 0 Å². The van der Waals surface area contributed by atoms with Crippen LogP contribution in [0.25, 0.3) is 0 Å². The van der Waals surface area contributed by atoms with Gasteiger partial charge in [0.2, 0.25) is 5.91 Å². The van der Waals surface area contributed by atoms with E-state index < -0.39 is 0 Å². The van der Waals surface area contributed by atoms with Gasteiger partial charge >= 0.3 is 6.03 Å². The molecule has 0 aliphatic carbocycles. The molecule has 1 rings (SSSR count). The molecule has 1 aliphatic heterocycles. The lowest BCUT2D eigenvalue weighted by atomic mass is 9.98. The van der Waals surface area contributed by atoms with Crippen molar-refractivity contribution in [2.75, 3.05) is 19.6 Å². The lowest BCUT2D eigenvalue weighted by Gasteiger charge is -2.35. The van der Waals surface area contributed by atoms with Crippen molar-refractivity contribution in [3.05, 3.63) is 0 Å². The minimum atomic E-state index is -0.212. The zero-order valence-electron chi connectivity index (χ0n) is 13.5. The highest BCUT2D eigenvalue weighted by molar-refractivity contribution is 5.77. The number of likely N-dealkylation sites (tertiary alicyclic amines) is 1. The van der Waals surface area contributed by atoms with Crippen LogP contribution in [0.5, 0.6) is 0 Å². The number of carbonyl (C=O) groups is 2. The van der Waals surface area contributed by atoms with Crippen LogP contribution in [0.15, 0.2) is 0 Å². The van der Waals surface area contributed by atoms with Crippen LogP contribution in [0.3, 0.4) is 0 Å². The van der Waals surface area contributed by atoms with Crippen LogP contribution in [0.4, 0.5) is 4.79 Å². The van der Waals surface area contributed by atoms with E-state index in [-0.39, 0.29) is 23.4 Å². The molecule has 0 saturated carbocycles. The number of rotatable bonds is 3. The van der Waals surface area contributed by atoms with E-state index in [1.54, 1.807) is 0 Å². The fraction of sp³-hybridized carbons (Fsp3) is 0.867. The summed E-state index contributed by atoms with van der Waals surface area (Å²) in [5, 5.41) is 5.95. The zero-order valence-corrected chi connectivity index (χ0v) is 13.5. The average Bonchev–Trinajstić information content (AvgIpc) is 2.34. The third kappa shape index (κ3) is 5.80. The van der Waals surface area contributed by atoms with Crippen LogP contribution in [0.2, 0.25) is 0 Å². The van der Waals surface area contributed by atoms with Gasteiger partial charge in [-0.25, -0.2) is 4.79 Å². The number of amides is 3. The quantitative estimate of drug-likeness (QED) is 0.832. The van der Waals surface area contributed by atoms with E-state index >= 15 is 0 Å². The molecule has 1 fully saturated rings. The molecule has 5 heteroatoms. The molecule has 0 aromatic heterocycles. The predicted molar refractivity (Wildman–Crippen MR) is 80.4 cm³/mol. The van der Waals surface area contributed by atoms with Crippen molar-refractivity contribution < 1.29 is 9.59 Å². The fourth-order valence-corrected chi connectivity index (χ4v) is 2.27. The Labute approximate surface area is 122 Å². The predicted octanol–water partition coefficient (Wildman–Crippen LogP) is 1.98. The van der Waals surface area contributed by atoms with E-state index in [4.69, 9.17) is 0 Å². The molecule has 0 radical (unpaired) electrons. The van der Waals surface area contributed by atoms with Crippen LogP contribution in [-0.2, 0) is 4.79 Å².